The molecule has 2 aliphatic heterocycles. The van der Waals surface area contributed by atoms with Crippen LogP contribution in [0.15, 0.2) is 18.2 Å². The minimum absolute atomic E-state index is 0.0848. The van der Waals surface area contributed by atoms with Gasteiger partial charge >= 0.3 is 0 Å². The normalized spacial score (nSPS) is 23.4. The molecule has 1 atom stereocenters. The Labute approximate surface area is 81.3 Å². The summed E-state index contributed by atoms with van der Waals surface area (Å²) in [6, 6.07) is 6.36. The number of anilines is 1. The Balaban J connectivity index is 1.99. The van der Waals surface area contributed by atoms with Gasteiger partial charge in [-0.25, -0.2) is 0 Å². The molecule has 0 radical (unpaired) electrons. The smallest absolute Gasteiger partial charge is 0.262 e. The molecule has 1 amide bonds. The summed E-state index contributed by atoms with van der Waals surface area (Å²) in [7, 11) is 0. The van der Waals surface area contributed by atoms with Crippen LogP contribution in [0.5, 0.6) is 5.75 Å². The Kier molecular flexibility index (Phi) is 1.52. The predicted molar refractivity (Wildman–Crippen MR) is 51.3 cm³/mol. The molecule has 14 heavy (non-hydrogen) atoms. The maximum Gasteiger partial charge on any atom is 0.262 e. The van der Waals surface area contributed by atoms with Gasteiger partial charge in [-0.3, -0.25) is 4.79 Å². The van der Waals surface area contributed by atoms with Crippen molar-refractivity contribution in [2.75, 3.05) is 18.5 Å². The topological polar surface area (TPSA) is 60.3 Å². The van der Waals surface area contributed by atoms with Gasteiger partial charge in [0, 0.05) is 12.6 Å². The first-order chi connectivity index (χ1) is 6.83. The molecular formula is C10H10N2O2. The fraction of sp³-hybridized carbons (Fsp3) is 0.300. The van der Waals surface area contributed by atoms with Crippen LogP contribution in [-0.2, 0) is 4.79 Å². The van der Waals surface area contributed by atoms with E-state index in [0.717, 1.165) is 18.0 Å². The molecule has 0 aromatic heterocycles. The zero-order chi connectivity index (χ0) is 9.54. The molecule has 1 aromatic carbocycles. The van der Waals surface area contributed by atoms with Gasteiger partial charge in [0.05, 0.1) is 5.69 Å². The average molecular weight is 190 g/mol. The minimum atomic E-state index is -0.0848. The van der Waals surface area contributed by atoms with E-state index in [2.05, 4.69) is 10.6 Å². The van der Waals surface area contributed by atoms with Gasteiger partial charge in [0.2, 0.25) is 0 Å². The number of benzene rings is 1. The standard InChI is InChI=1S/C10H10N2O2/c13-10-5-14-9-2-1-6(8-4-11-8)3-7(9)12-10/h1-3,8,11H,4-5H2,(H,12,13). The van der Waals surface area contributed by atoms with Crippen molar-refractivity contribution in [1.82, 2.24) is 5.32 Å². The van der Waals surface area contributed by atoms with E-state index < -0.39 is 0 Å². The maximum atomic E-state index is 11.1. The molecule has 72 valence electrons. The highest BCUT2D eigenvalue weighted by Crippen LogP contribution is 2.32. The van der Waals surface area contributed by atoms with E-state index in [1.165, 1.54) is 5.56 Å². The predicted octanol–water partition coefficient (Wildman–Crippen LogP) is 0.662. The van der Waals surface area contributed by atoms with Crippen LogP contribution < -0.4 is 15.4 Å². The summed E-state index contributed by atoms with van der Waals surface area (Å²) in [5.41, 5.74) is 1.99. The number of rotatable bonds is 1. The molecule has 1 saturated heterocycles. The molecular weight excluding hydrogens is 180 g/mol. The third-order valence-electron chi connectivity index (χ3n) is 2.45. The monoisotopic (exact) mass is 190 g/mol. The zero-order valence-electron chi connectivity index (χ0n) is 7.54. The van der Waals surface area contributed by atoms with Crippen LogP contribution in [0.2, 0.25) is 0 Å². The van der Waals surface area contributed by atoms with Gasteiger partial charge in [0.1, 0.15) is 5.75 Å². The number of nitrogens with one attached hydrogen (secondary N) is 2. The Morgan fingerprint density at radius 3 is 3.07 bits per heavy atom. The molecule has 1 unspecified atom stereocenters. The molecule has 3 rings (SSSR count). The maximum absolute atomic E-state index is 11.1. The van der Waals surface area contributed by atoms with Gasteiger partial charge in [-0.15, -0.1) is 0 Å². The Morgan fingerprint density at radius 1 is 1.43 bits per heavy atom. The fourth-order valence-corrected chi connectivity index (χ4v) is 1.61. The van der Waals surface area contributed by atoms with E-state index in [1.54, 1.807) is 0 Å². The largest absolute Gasteiger partial charge is 0.482 e. The van der Waals surface area contributed by atoms with E-state index in [0.29, 0.717) is 6.04 Å². The average Bonchev–Trinajstić information content (AvgIpc) is 3.00. The quantitative estimate of drug-likeness (QED) is 0.639. The molecule has 4 heteroatoms. The molecule has 1 aromatic rings. The Hall–Kier alpha value is -1.55. The lowest BCUT2D eigenvalue weighted by Crippen LogP contribution is -2.25. The Bertz CT molecular complexity index is 399. The van der Waals surface area contributed by atoms with Crippen molar-refractivity contribution in [2.45, 2.75) is 6.04 Å². The number of amides is 1. The van der Waals surface area contributed by atoms with Gasteiger partial charge in [0.15, 0.2) is 6.61 Å². The van der Waals surface area contributed by atoms with E-state index in [1.807, 2.05) is 18.2 Å². The van der Waals surface area contributed by atoms with Gasteiger partial charge < -0.3 is 15.4 Å². The zero-order valence-corrected chi connectivity index (χ0v) is 7.54. The second-order valence-corrected chi connectivity index (χ2v) is 3.55. The van der Waals surface area contributed by atoms with Gasteiger partial charge in [-0.1, -0.05) is 6.07 Å². The van der Waals surface area contributed by atoms with E-state index >= 15 is 0 Å². The molecule has 0 bridgehead atoms. The third kappa shape index (κ3) is 1.24. The van der Waals surface area contributed by atoms with Gasteiger partial charge in [-0.2, -0.15) is 0 Å². The van der Waals surface area contributed by atoms with Crippen molar-refractivity contribution in [2.24, 2.45) is 0 Å². The lowest BCUT2D eigenvalue weighted by molar-refractivity contribution is -0.118. The van der Waals surface area contributed by atoms with Crippen LogP contribution in [0.4, 0.5) is 5.69 Å². The van der Waals surface area contributed by atoms with E-state index in [-0.39, 0.29) is 12.5 Å². The summed E-state index contributed by atoms with van der Waals surface area (Å²) in [5.74, 6) is 0.674. The van der Waals surface area contributed by atoms with Crippen molar-refractivity contribution < 1.29 is 9.53 Å². The van der Waals surface area contributed by atoms with Crippen molar-refractivity contribution >= 4 is 11.6 Å². The van der Waals surface area contributed by atoms with Crippen LogP contribution >= 0.6 is 0 Å². The number of carbonyl (C=O) groups excluding carboxylic acids is 1. The summed E-state index contributed by atoms with van der Waals surface area (Å²) < 4.78 is 5.26. The number of carbonyl (C=O) groups is 1. The summed E-state index contributed by atoms with van der Waals surface area (Å²) in [6.07, 6.45) is 0. The lowest BCUT2D eigenvalue weighted by atomic mass is 10.1. The molecule has 1 fully saturated rings. The molecule has 2 N–H and O–H groups in total. The molecule has 0 spiro atoms. The summed E-state index contributed by atoms with van der Waals surface area (Å²) >= 11 is 0. The molecule has 0 saturated carbocycles. The number of hydrogen-bond acceptors (Lipinski definition) is 3. The number of ether oxygens (including phenoxy) is 1. The highest BCUT2D eigenvalue weighted by molar-refractivity contribution is 5.95. The second-order valence-electron chi connectivity index (χ2n) is 3.55. The summed E-state index contributed by atoms with van der Waals surface area (Å²) in [6.45, 7) is 1.14. The van der Waals surface area contributed by atoms with E-state index in [4.69, 9.17) is 4.74 Å². The first-order valence-electron chi connectivity index (χ1n) is 4.63. The summed E-state index contributed by atoms with van der Waals surface area (Å²) in [4.78, 5) is 11.1. The van der Waals surface area contributed by atoms with E-state index in [9.17, 15) is 4.79 Å². The van der Waals surface area contributed by atoms with Crippen LogP contribution in [0.3, 0.4) is 0 Å². The highest BCUT2D eigenvalue weighted by atomic mass is 16.5. The second kappa shape index (κ2) is 2.72. The number of fused-ring (bicyclic) bond motifs is 1. The van der Waals surface area contributed by atoms with Crippen LogP contribution in [0, 0.1) is 0 Å². The van der Waals surface area contributed by atoms with Crippen molar-refractivity contribution in [3.63, 3.8) is 0 Å². The van der Waals surface area contributed by atoms with Crippen molar-refractivity contribution in [3.8, 4) is 5.75 Å². The fourth-order valence-electron chi connectivity index (χ4n) is 1.61. The minimum Gasteiger partial charge on any atom is -0.482 e. The first-order valence-corrected chi connectivity index (χ1v) is 4.63. The van der Waals surface area contributed by atoms with Crippen LogP contribution in [0.1, 0.15) is 11.6 Å². The van der Waals surface area contributed by atoms with Crippen LogP contribution in [-0.4, -0.2) is 19.1 Å². The van der Waals surface area contributed by atoms with Crippen molar-refractivity contribution in [1.29, 1.82) is 0 Å². The number of hydrogen-bond donors (Lipinski definition) is 2. The molecule has 4 nitrogen and oxygen atoms in total. The summed E-state index contributed by atoms with van der Waals surface area (Å²) in [5, 5.41) is 6.01. The molecule has 0 aliphatic carbocycles. The first kappa shape index (κ1) is 7.82. The lowest BCUT2D eigenvalue weighted by Gasteiger charge is -2.18. The third-order valence-corrected chi connectivity index (χ3v) is 2.45. The molecule has 2 heterocycles. The Morgan fingerprint density at radius 2 is 2.29 bits per heavy atom. The van der Waals surface area contributed by atoms with Crippen molar-refractivity contribution in [3.05, 3.63) is 23.8 Å². The SMILES string of the molecule is O=C1COc2ccc(C3CN3)cc2N1. The van der Waals surface area contributed by atoms with Gasteiger partial charge in [-0.05, 0) is 17.7 Å². The highest BCUT2D eigenvalue weighted by Gasteiger charge is 2.24. The van der Waals surface area contributed by atoms with Gasteiger partial charge in [0.25, 0.3) is 5.91 Å². The molecule has 2 aliphatic rings. The van der Waals surface area contributed by atoms with Crippen LogP contribution in [0.25, 0.3) is 0 Å².